The first-order valence-electron chi connectivity index (χ1n) is 5.99. The van der Waals surface area contributed by atoms with Gasteiger partial charge in [0, 0.05) is 5.02 Å². The lowest BCUT2D eigenvalue weighted by Gasteiger charge is -2.10. The average molecular weight is 308 g/mol. The molecule has 0 fully saturated rings. The van der Waals surface area contributed by atoms with Gasteiger partial charge in [-0.25, -0.2) is 9.18 Å². The molecule has 108 valence electrons. The van der Waals surface area contributed by atoms with Crippen molar-refractivity contribution in [3.63, 3.8) is 0 Å². The highest BCUT2D eigenvalue weighted by Gasteiger charge is 2.16. The molecule has 0 aliphatic carbocycles. The zero-order valence-electron chi connectivity index (χ0n) is 11.0. The van der Waals surface area contributed by atoms with E-state index in [9.17, 15) is 14.0 Å². The molecular weight excluding hydrogens is 297 g/mol. The van der Waals surface area contributed by atoms with E-state index in [4.69, 9.17) is 16.7 Å². The van der Waals surface area contributed by atoms with E-state index in [1.54, 1.807) is 6.92 Å². The van der Waals surface area contributed by atoms with Crippen molar-refractivity contribution in [2.75, 3.05) is 5.32 Å². The second-order valence-electron chi connectivity index (χ2n) is 4.43. The molecule has 0 spiro atoms. The Morgan fingerprint density at radius 3 is 2.52 bits per heavy atom. The minimum absolute atomic E-state index is 0.0147. The normalized spacial score (nSPS) is 10.2. The number of anilines is 1. The third-order valence-electron chi connectivity index (χ3n) is 2.83. The van der Waals surface area contributed by atoms with E-state index in [0.29, 0.717) is 5.56 Å². The van der Waals surface area contributed by atoms with Crippen LogP contribution in [0.1, 0.15) is 26.3 Å². The molecule has 0 aromatic heterocycles. The number of carbonyl (C=O) groups is 2. The molecule has 1 amide bonds. The number of halogens is 2. The first-order chi connectivity index (χ1) is 9.88. The predicted molar refractivity (Wildman–Crippen MR) is 77.5 cm³/mol. The van der Waals surface area contributed by atoms with Crippen LogP contribution in [0.15, 0.2) is 36.4 Å². The molecule has 0 bridgehead atoms. The third-order valence-corrected chi connectivity index (χ3v) is 3.06. The van der Waals surface area contributed by atoms with Crippen LogP contribution < -0.4 is 5.32 Å². The summed E-state index contributed by atoms with van der Waals surface area (Å²) in [4.78, 5) is 23.2. The second-order valence-corrected chi connectivity index (χ2v) is 4.87. The zero-order valence-corrected chi connectivity index (χ0v) is 11.7. The Hall–Kier alpha value is -2.40. The standard InChI is InChI=1S/C15H11ClFNO3/c1-8-2-5-12(17)11(6-8)14(19)18-13-7-9(16)3-4-10(13)15(20)21/h2-7H,1H3,(H,18,19)(H,20,21). The number of hydrogen-bond acceptors (Lipinski definition) is 2. The van der Waals surface area contributed by atoms with Gasteiger partial charge in [-0.2, -0.15) is 0 Å². The lowest BCUT2D eigenvalue weighted by molar-refractivity contribution is 0.0698. The zero-order chi connectivity index (χ0) is 15.6. The summed E-state index contributed by atoms with van der Waals surface area (Å²) in [7, 11) is 0. The molecule has 21 heavy (non-hydrogen) atoms. The van der Waals surface area contributed by atoms with Crippen LogP contribution in [-0.2, 0) is 0 Å². The fraction of sp³-hybridized carbons (Fsp3) is 0.0667. The van der Waals surface area contributed by atoms with Gasteiger partial charge in [-0.1, -0.05) is 23.2 Å². The molecule has 2 N–H and O–H groups in total. The molecular formula is C15H11ClFNO3. The molecule has 2 aromatic carbocycles. The van der Waals surface area contributed by atoms with E-state index in [1.165, 1.54) is 36.4 Å². The third kappa shape index (κ3) is 3.38. The highest BCUT2D eigenvalue weighted by Crippen LogP contribution is 2.22. The Kier molecular flexibility index (Phi) is 4.23. The van der Waals surface area contributed by atoms with Crippen molar-refractivity contribution in [2.45, 2.75) is 6.92 Å². The summed E-state index contributed by atoms with van der Waals surface area (Å²) in [5.41, 5.74) is 0.444. The molecule has 0 unspecified atom stereocenters. The van der Waals surface area contributed by atoms with Gasteiger partial charge in [0.2, 0.25) is 0 Å². The van der Waals surface area contributed by atoms with Gasteiger partial charge in [0.05, 0.1) is 16.8 Å². The molecule has 4 nitrogen and oxygen atoms in total. The fourth-order valence-corrected chi connectivity index (χ4v) is 1.98. The summed E-state index contributed by atoms with van der Waals surface area (Å²) < 4.78 is 13.7. The molecule has 0 heterocycles. The maximum atomic E-state index is 13.7. The summed E-state index contributed by atoms with van der Waals surface area (Å²) in [5.74, 6) is -2.63. The Morgan fingerprint density at radius 2 is 1.86 bits per heavy atom. The minimum Gasteiger partial charge on any atom is -0.478 e. The van der Waals surface area contributed by atoms with E-state index in [2.05, 4.69) is 5.32 Å². The summed E-state index contributed by atoms with van der Waals surface area (Å²) in [6.45, 7) is 1.72. The number of nitrogens with one attached hydrogen (secondary N) is 1. The number of aryl methyl sites for hydroxylation is 1. The van der Waals surface area contributed by atoms with E-state index in [1.807, 2.05) is 0 Å². The van der Waals surface area contributed by atoms with Crippen LogP contribution in [0.4, 0.5) is 10.1 Å². The van der Waals surface area contributed by atoms with Crippen LogP contribution >= 0.6 is 11.6 Å². The number of amides is 1. The SMILES string of the molecule is Cc1ccc(F)c(C(=O)Nc2cc(Cl)ccc2C(=O)O)c1. The Bertz CT molecular complexity index is 731. The molecule has 6 heteroatoms. The number of carbonyl (C=O) groups excluding carboxylic acids is 1. The molecule has 0 aliphatic heterocycles. The van der Waals surface area contributed by atoms with Gasteiger partial charge in [0.25, 0.3) is 5.91 Å². The minimum atomic E-state index is -1.22. The number of rotatable bonds is 3. The maximum absolute atomic E-state index is 13.7. The van der Waals surface area contributed by atoms with Gasteiger partial charge in [-0.05, 0) is 37.3 Å². The van der Waals surface area contributed by atoms with Crippen LogP contribution in [0.25, 0.3) is 0 Å². The number of carboxylic acids is 1. The van der Waals surface area contributed by atoms with E-state index < -0.39 is 17.7 Å². The summed E-state index contributed by atoms with van der Waals surface area (Å²) in [5, 5.41) is 11.7. The number of hydrogen-bond donors (Lipinski definition) is 2. The second kappa shape index (κ2) is 5.93. The van der Waals surface area contributed by atoms with Crippen molar-refractivity contribution in [3.05, 3.63) is 63.9 Å². The van der Waals surface area contributed by atoms with E-state index in [-0.39, 0.29) is 21.8 Å². The summed E-state index contributed by atoms with van der Waals surface area (Å²) in [6.07, 6.45) is 0. The lowest BCUT2D eigenvalue weighted by Crippen LogP contribution is -2.16. The van der Waals surface area contributed by atoms with E-state index >= 15 is 0 Å². The summed E-state index contributed by atoms with van der Waals surface area (Å²) in [6, 6.07) is 8.07. The van der Waals surface area contributed by atoms with Crippen LogP contribution in [-0.4, -0.2) is 17.0 Å². The maximum Gasteiger partial charge on any atom is 0.337 e. The molecule has 2 aromatic rings. The number of benzene rings is 2. The molecule has 2 rings (SSSR count). The van der Waals surface area contributed by atoms with Gasteiger partial charge in [0.1, 0.15) is 5.82 Å². The highest BCUT2D eigenvalue weighted by atomic mass is 35.5. The van der Waals surface area contributed by atoms with Gasteiger partial charge < -0.3 is 10.4 Å². The number of aromatic carboxylic acids is 1. The fourth-order valence-electron chi connectivity index (χ4n) is 1.81. The monoisotopic (exact) mass is 307 g/mol. The highest BCUT2D eigenvalue weighted by molar-refractivity contribution is 6.31. The van der Waals surface area contributed by atoms with Crippen molar-refractivity contribution >= 4 is 29.2 Å². The van der Waals surface area contributed by atoms with Crippen molar-refractivity contribution < 1.29 is 19.1 Å². The van der Waals surface area contributed by atoms with Crippen molar-refractivity contribution in [3.8, 4) is 0 Å². The number of carboxylic acid groups (broad SMARTS) is 1. The largest absolute Gasteiger partial charge is 0.478 e. The van der Waals surface area contributed by atoms with Gasteiger partial charge in [-0.3, -0.25) is 4.79 Å². The lowest BCUT2D eigenvalue weighted by atomic mass is 10.1. The quantitative estimate of drug-likeness (QED) is 0.907. The van der Waals surface area contributed by atoms with Gasteiger partial charge in [-0.15, -0.1) is 0 Å². The molecule has 0 atom stereocenters. The van der Waals surface area contributed by atoms with Crippen LogP contribution in [0, 0.1) is 12.7 Å². The topological polar surface area (TPSA) is 66.4 Å². The molecule has 0 saturated carbocycles. The molecule has 0 saturated heterocycles. The van der Waals surface area contributed by atoms with Crippen LogP contribution in [0.2, 0.25) is 5.02 Å². The Balaban J connectivity index is 2.38. The van der Waals surface area contributed by atoms with E-state index in [0.717, 1.165) is 0 Å². The summed E-state index contributed by atoms with van der Waals surface area (Å²) >= 11 is 5.79. The molecule has 0 aliphatic rings. The van der Waals surface area contributed by atoms with Crippen molar-refractivity contribution in [1.29, 1.82) is 0 Å². The van der Waals surface area contributed by atoms with Gasteiger partial charge >= 0.3 is 5.97 Å². The Labute approximate surface area is 125 Å². The average Bonchev–Trinajstić information content (AvgIpc) is 2.41. The van der Waals surface area contributed by atoms with Crippen LogP contribution in [0.3, 0.4) is 0 Å². The predicted octanol–water partition coefficient (Wildman–Crippen LogP) is 3.74. The first kappa shape index (κ1) is 15.0. The van der Waals surface area contributed by atoms with Crippen molar-refractivity contribution in [2.24, 2.45) is 0 Å². The first-order valence-corrected chi connectivity index (χ1v) is 6.36. The smallest absolute Gasteiger partial charge is 0.337 e. The Morgan fingerprint density at radius 1 is 1.14 bits per heavy atom. The van der Waals surface area contributed by atoms with Crippen molar-refractivity contribution in [1.82, 2.24) is 0 Å². The van der Waals surface area contributed by atoms with Crippen LogP contribution in [0.5, 0.6) is 0 Å². The van der Waals surface area contributed by atoms with Gasteiger partial charge in [0.15, 0.2) is 0 Å². The molecule has 0 radical (unpaired) electrons.